The number of carbonyl (C=O) groups excluding carboxylic acids is 1. The monoisotopic (exact) mass is 500 g/mol. The Labute approximate surface area is 220 Å². The van der Waals surface area contributed by atoms with Crippen molar-refractivity contribution in [3.63, 3.8) is 0 Å². The highest BCUT2D eigenvalue weighted by molar-refractivity contribution is 5.69. The molecular formula is C32H52O4. The van der Waals surface area contributed by atoms with Crippen molar-refractivity contribution >= 4 is 6.29 Å². The summed E-state index contributed by atoms with van der Waals surface area (Å²) in [6.45, 7) is 10.2. The predicted molar refractivity (Wildman–Crippen MR) is 144 cm³/mol. The van der Waals surface area contributed by atoms with Crippen molar-refractivity contribution in [3.05, 3.63) is 11.1 Å². The number of fused-ring (bicyclic) bond motifs is 5. The molecule has 0 aromatic rings. The maximum atomic E-state index is 13.2. The average Bonchev–Trinajstić information content (AvgIpc) is 3.05. The molecule has 0 N–H and O–H groups in total. The van der Waals surface area contributed by atoms with Gasteiger partial charge in [0.25, 0.3) is 0 Å². The van der Waals surface area contributed by atoms with E-state index in [-0.39, 0.29) is 16.9 Å². The zero-order valence-corrected chi connectivity index (χ0v) is 23.8. The van der Waals surface area contributed by atoms with E-state index in [1.807, 2.05) is 7.11 Å². The number of rotatable bonds is 7. The number of aldehydes is 1. The molecular weight excluding hydrogens is 448 g/mol. The van der Waals surface area contributed by atoms with Gasteiger partial charge in [-0.05, 0) is 106 Å². The van der Waals surface area contributed by atoms with Gasteiger partial charge in [0.05, 0.1) is 17.6 Å². The van der Waals surface area contributed by atoms with E-state index >= 15 is 0 Å². The molecule has 5 aliphatic rings. The minimum absolute atomic E-state index is 0.0739. The molecule has 4 heteroatoms. The molecule has 0 saturated heterocycles. The first-order chi connectivity index (χ1) is 17.3. The fourth-order valence-corrected chi connectivity index (χ4v) is 9.92. The standard InChI is InChI=1S/C32H52O4/c1-6-19-35-29-14-13-26-24-11-12-25-23(3)28(36-31(34-5)16-9-7-8-10-17-31)20-22(2)32(25,21-33)27(24)15-18-30(26,29)4/h21-22,24,26-29H,6-20H2,1-5H3/t22?,24-,26-,27+,28?,29?,30-,32-/m0/s1. The van der Waals surface area contributed by atoms with Crippen LogP contribution in [-0.4, -0.2) is 38.0 Å². The van der Waals surface area contributed by atoms with Gasteiger partial charge in [-0.25, -0.2) is 0 Å². The number of ether oxygens (including phenoxy) is 3. The third kappa shape index (κ3) is 4.16. The number of allylic oxidation sites excluding steroid dienone is 1. The van der Waals surface area contributed by atoms with Crippen molar-refractivity contribution in [2.45, 2.75) is 136 Å². The molecule has 5 rings (SSSR count). The van der Waals surface area contributed by atoms with Crippen molar-refractivity contribution < 1.29 is 19.0 Å². The van der Waals surface area contributed by atoms with E-state index in [0.29, 0.717) is 29.8 Å². The lowest BCUT2D eigenvalue weighted by molar-refractivity contribution is -0.251. The second-order valence-corrected chi connectivity index (χ2v) is 13.4. The largest absolute Gasteiger partial charge is 0.378 e. The molecule has 4 saturated carbocycles. The zero-order chi connectivity index (χ0) is 25.6. The van der Waals surface area contributed by atoms with Crippen LogP contribution in [0.3, 0.4) is 0 Å². The number of carbonyl (C=O) groups is 1. The van der Waals surface area contributed by atoms with Gasteiger partial charge in [-0.1, -0.05) is 39.2 Å². The summed E-state index contributed by atoms with van der Waals surface area (Å²) >= 11 is 0. The van der Waals surface area contributed by atoms with Gasteiger partial charge >= 0.3 is 0 Å². The van der Waals surface area contributed by atoms with Crippen LogP contribution in [-0.2, 0) is 19.0 Å². The average molecular weight is 501 g/mol. The summed E-state index contributed by atoms with van der Waals surface area (Å²) < 4.78 is 19.4. The number of hydrogen-bond acceptors (Lipinski definition) is 4. The Hall–Kier alpha value is -0.710. The fourth-order valence-electron chi connectivity index (χ4n) is 9.92. The van der Waals surface area contributed by atoms with Gasteiger partial charge in [0.1, 0.15) is 6.29 Å². The third-order valence-corrected chi connectivity index (χ3v) is 11.9. The summed E-state index contributed by atoms with van der Waals surface area (Å²) in [5, 5.41) is 0. The Morgan fingerprint density at radius 1 is 1.00 bits per heavy atom. The van der Waals surface area contributed by atoms with E-state index in [1.165, 1.54) is 68.8 Å². The van der Waals surface area contributed by atoms with Gasteiger partial charge in [0.2, 0.25) is 0 Å². The molecule has 5 aliphatic carbocycles. The summed E-state index contributed by atoms with van der Waals surface area (Å²) in [5.41, 5.74) is 2.76. The predicted octanol–water partition coefficient (Wildman–Crippen LogP) is 7.64. The van der Waals surface area contributed by atoms with Crippen LogP contribution in [0.2, 0.25) is 0 Å². The molecule has 8 atom stereocenters. The van der Waals surface area contributed by atoms with Crippen LogP contribution >= 0.6 is 0 Å². The maximum absolute atomic E-state index is 13.2. The first kappa shape index (κ1) is 26.9. The Bertz CT molecular complexity index is 826. The molecule has 0 aliphatic heterocycles. The topological polar surface area (TPSA) is 44.8 Å². The van der Waals surface area contributed by atoms with E-state index in [0.717, 1.165) is 45.1 Å². The Balaban J connectivity index is 1.42. The van der Waals surface area contributed by atoms with E-state index < -0.39 is 5.79 Å². The van der Waals surface area contributed by atoms with Crippen LogP contribution in [0.4, 0.5) is 0 Å². The van der Waals surface area contributed by atoms with Crippen LogP contribution in [0.25, 0.3) is 0 Å². The van der Waals surface area contributed by atoms with E-state index in [1.54, 1.807) is 0 Å². The van der Waals surface area contributed by atoms with Crippen LogP contribution in [0.15, 0.2) is 11.1 Å². The molecule has 0 amide bonds. The molecule has 0 radical (unpaired) electrons. The summed E-state index contributed by atoms with van der Waals surface area (Å²) in [6, 6.07) is 0. The molecule has 0 heterocycles. The number of hydrogen-bond donors (Lipinski definition) is 0. The Kier molecular flexibility index (Phi) is 7.81. The van der Waals surface area contributed by atoms with Crippen LogP contribution in [0.1, 0.15) is 118 Å². The molecule has 0 bridgehead atoms. The number of methoxy groups -OCH3 is 1. The first-order valence-electron chi connectivity index (χ1n) is 15.4. The van der Waals surface area contributed by atoms with Crippen molar-refractivity contribution in [3.8, 4) is 0 Å². The fraction of sp³-hybridized carbons (Fsp3) is 0.906. The van der Waals surface area contributed by atoms with Crippen molar-refractivity contribution in [1.82, 2.24) is 0 Å². The molecule has 36 heavy (non-hydrogen) atoms. The van der Waals surface area contributed by atoms with Crippen LogP contribution < -0.4 is 0 Å². The minimum Gasteiger partial charge on any atom is -0.378 e. The quantitative estimate of drug-likeness (QED) is 0.156. The van der Waals surface area contributed by atoms with Gasteiger partial charge in [0, 0.05) is 26.6 Å². The molecule has 3 unspecified atom stereocenters. The van der Waals surface area contributed by atoms with Gasteiger partial charge in [-0.2, -0.15) is 0 Å². The zero-order valence-electron chi connectivity index (χ0n) is 23.8. The summed E-state index contributed by atoms with van der Waals surface area (Å²) in [7, 11) is 1.83. The lowest BCUT2D eigenvalue weighted by atomic mass is 9.44. The van der Waals surface area contributed by atoms with E-state index in [4.69, 9.17) is 14.2 Å². The summed E-state index contributed by atoms with van der Waals surface area (Å²) in [6.07, 6.45) is 17.9. The second kappa shape index (κ2) is 10.5. The molecule has 0 aromatic carbocycles. The normalized spacial score (nSPS) is 44.4. The Morgan fingerprint density at radius 3 is 2.42 bits per heavy atom. The van der Waals surface area contributed by atoms with Gasteiger partial charge in [0.15, 0.2) is 5.79 Å². The smallest absolute Gasteiger partial charge is 0.168 e. The lowest BCUT2D eigenvalue weighted by Crippen LogP contribution is -2.57. The minimum atomic E-state index is -0.453. The van der Waals surface area contributed by atoms with Gasteiger partial charge < -0.3 is 19.0 Å². The highest BCUT2D eigenvalue weighted by atomic mass is 16.7. The van der Waals surface area contributed by atoms with Gasteiger partial charge in [-0.15, -0.1) is 0 Å². The van der Waals surface area contributed by atoms with Crippen molar-refractivity contribution in [2.24, 2.45) is 34.5 Å². The highest BCUT2D eigenvalue weighted by Crippen LogP contribution is 2.67. The van der Waals surface area contributed by atoms with Crippen molar-refractivity contribution in [2.75, 3.05) is 13.7 Å². The maximum Gasteiger partial charge on any atom is 0.168 e. The summed E-state index contributed by atoms with van der Waals surface area (Å²) in [5.74, 6) is 1.67. The van der Waals surface area contributed by atoms with E-state index in [2.05, 4.69) is 27.7 Å². The Morgan fingerprint density at radius 2 is 1.75 bits per heavy atom. The van der Waals surface area contributed by atoms with Crippen molar-refractivity contribution in [1.29, 1.82) is 0 Å². The summed E-state index contributed by atoms with van der Waals surface area (Å²) in [4.78, 5) is 13.2. The second-order valence-electron chi connectivity index (χ2n) is 13.4. The van der Waals surface area contributed by atoms with E-state index in [9.17, 15) is 4.79 Å². The molecule has 4 nitrogen and oxygen atoms in total. The SMILES string of the molecule is CCCOC1CC[C@H]2[C@@H]3CCC4=C(C)C(OC5(OC)CCCCCC5)CC(C)[C@]4(C=O)[C@@H]3CC[C@]12C. The molecule has 204 valence electrons. The third-order valence-electron chi connectivity index (χ3n) is 11.9. The highest BCUT2D eigenvalue weighted by Gasteiger charge is 2.63. The van der Waals surface area contributed by atoms with Crippen LogP contribution in [0, 0.1) is 34.5 Å². The molecule has 4 fully saturated rings. The van der Waals surface area contributed by atoms with Gasteiger partial charge in [-0.3, -0.25) is 0 Å². The van der Waals surface area contributed by atoms with Crippen LogP contribution in [0.5, 0.6) is 0 Å². The first-order valence-corrected chi connectivity index (χ1v) is 15.4. The lowest BCUT2D eigenvalue weighted by Gasteiger charge is -2.60. The molecule has 0 spiro atoms. The molecule has 0 aromatic heterocycles.